The topological polar surface area (TPSA) is 108 Å². The third-order valence-electron chi connectivity index (χ3n) is 3.98. The van der Waals surface area contributed by atoms with Crippen LogP contribution in [0.2, 0.25) is 5.02 Å². The van der Waals surface area contributed by atoms with E-state index in [1.165, 1.54) is 24.4 Å². The number of hydrogen-bond acceptors (Lipinski definition) is 7. The van der Waals surface area contributed by atoms with Crippen molar-refractivity contribution in [3.63, 3.8) is 0 Å². The van der Waals surface area contributed by atoms with E-state index in [1.54, 1.807) is 45.0 Å². The lowest BCUT2D eigenvalue weighted by Gasteiger charge is -2.20. The summed E-state index contributed by atoms with van der Waals surface area (Å²) >= 11 is 5.81. The van der Waals surface area contributed by atoms with Crippen LogP contribution in [-0.2, 0) is 11.3 Å². The molecule has 0 radical (unpaired) electrons. The number of rotatable bonds is 6. The molecule has 0 aliphatic heterocycles. The highest BCUT2D eigenvalue weighted by atomic mass is 35.5. The van der Waals surface area contributed by atoms with E-state index in [0.717, 1.165) is 0 Å². The number of anilines is 5. The SMILES string of the molecule is CC(C)(C)OC(=O)Nc1cccc(Nc2nc(Nc3ccc(F)c(Cl)c3)ncc2CO)c1. The van der Waals surface area contributed by atoms with Crippen LogP contribution in [0.1, 0.15) is 26.3 Å². The first kappa shape index (κ1) is 23.2. The zero-order chi connectivity index (χ0) is 23.3. The maximum atomic E-state index is 13.4. The zero-order valence-electron chi connectivity index (χ0n) is 17.7. The summed E-state index contributed by atoms with van der Waals surface area (Å²) in [5, 5.41) is 18.3. The Morgan fingerprint density at radius 2 is 1.84 bits per heavy atom. The molecule has 1 amide bonds. The number of hydrogen-bond donors (Lipinski definition) is 4. The van der Waals surface area contributed by atoms with Gasteiger partial charge in [0.25, 0.3) is 0 Å². The Morgan fingerprint density at radius 3 is 2.53 bits per heavy atom. The van der Waals surface area contributed by atoms with Gasteiger partial charge in [0.1, 0.15) is 17.2 Å². The molecule has 0 atom stereocenters. The first-order chi connectivity index (χ1) is 15.1. The smallest absolute Gasteiger partial charge is 0.412 e. The minimum absolute atomic E-state index is 0.0328. The Bertz CT molecular complexity index is 1120. The van der Waals surface area contributed by atoms with E-state index < -0.39 is 17.5 Å². The van der Waals surface area contributed by atoms with Crippen molar-refractivity contribution in [2.75, 3.05) is 16.0 Å². The van der Waals surface area contributed by atoms with Crippen molar-refractivity contribution < 1.29 is 19.0 Å². The number of halogens is 2. The molecule has 32 heavy (non-hydrogen) atoms. The van der Waals surface area contributed by atoms with Crippen LogP contribution in [0.4, 0.5) is 38.0 Å². The number of aliphatic hydroxyl groups excluding tert-OH is 1. The molecule has 0 aliphatic rings. The van der Waals surface area contributed by atoms with E-state index >= 15 is 0 Å². The van der Waals surface area contributed by atoms with E-state index in [2.05, 4.69) is 25.9 Å². The summed E-state index contributed by atoms with van der Waals surface area (Å²) in [6, 6.07) is 11.1. The van der Waals surface area contributed by atoms with E-state index in [4.69, 9.17) is 16.3 Å². The summed E-state index contributed by atoms with van der Waals surface area (Å²) in [7, 11) is 0. The fraction of sp³-hybridized carbons (Fsp3) is 0.227. The number of benzene rings is 2. The van der Waals surface area contributed by atoms with Crippen molar-refractivity contribution in [3.8, 4) is 0 Å². The predicted octanol–water partition coefficient (Wildman–Crippen LogP) is 5.60. The summed E-state index contributed by atoms with van der Waals surface area (Å²) < 4.78 is 18.6. The van der Waals surface area contributed by atoms with Crippen LogP contribution < -0.4 is 16.0 Å². The molecule has 10 heteroatoms. The maximum absolute atomic E-state index is 13.4. The Kier molecular flexibility index (Phi) is 7.12. The molecule has 0 spiro atoms. The molecule has 0 fully saturated rings. The quantitative estimate of drug-likeness (QED) is 0.380. The molecule has 0 saturated carbocycles. The van der Waals surface area contributed by atoms with E-state index in [1.807, 2.05) is 0 Å². The molecule has 8 nitrogen and oxygen atoms in total. The second-order valence-corrected chi connectivity index (χ2v) is 8.22. The van der Waals surface area contributed by atoms with Gasteiger partial charge in [0.05, 0.1) is 11.6 Å². The molecule has 3 aromatic rings. The minimum Gasteiger partial charge on any atom is -0.444 e. The van der Waals surface area contributed by atoms with Crippen LogP contribution in [0.5, 0.6) is 0 Å². The van der Waals surface area contributed by atoms with Gasteiger partial charge in [0.2, 0.25) is 5.95 Å². The summed E-state index contributed by atoms with van der Waals surface area (Å²) in [5.74, 6) is 0.0408. The van der Waals surface area contributed by atoms with Crippen molar-refractivity contribution in [2.45, 2.75) is 33.0 Å². The summed E-state index contributed by atoms with van der Waals surface area (Å²) in [6.07, 6.45) is 0.892. The number of amides is 1. The number of ether oxygens (including phenoxy) is 1. The molecule has 1 aromatic heterocycles. The lowest BCUT2D eigenvalue weighted by atomic mass is 10.2. The van der Waals surface area contributed by atoms with Gasteiger partial charge in [-0.05, 0) is 57.2 Å². The van der Waals surface area contributed by atoms with Crippen molar-refractivity contribution in [1.29, 1.82) is 0 Å². The predicted molar refractivity (Wildman–Crippen MR) is 122 cm³/mol. The third-order valence-corrected chi connectivity index (χ3v) is 4.27. The van der Waals surface area contributed by atoms with E-state index in [0.29, 0.717) is 28.4 Å². The van der Waals surface area contributed by atoms with Gasteiger partial charge >= 0.3 is 6.09 Å². The summed E-state index contributed by atoms with van der Waals surface area (Å²) in [4.78, 5) is 20.6. The number of aliphatic hydroxyl groups is 1. The highest BCUT2D eigenvalue weighted by molar-refractivity contribution is 6.31. The molecular formula is C22H23ClFN5O3. The zero-order valence-corrected chi connectivity index (χ0v) is 18.5. The minimum atomic E-state index is -0.616. The molecule has 0 saturated heterocycles. The third kappa shape index (κ3) is 6.53. The number of nitrogens with one attached hydrogen (secondary N) is 3. The van der Waals surface area contributed by atoms with Crippen LogP contribution in [0.15, 0.2) is 48.7 Å². The second kappa shape index (κ2) is 9.80. The van der Waals surface area contributed by atoms with E-state index in [9.17, 15) is 14.3 Å². The van der Waals surface area contributed by atoms with Gasteiger partial charge in [-0.3, -0.25) is 5.32 Å². The van der Waals surface area contributed by atoms with E-state index in [-0.39, 0.29) is 17.6 Å². The van der Waals surface area contributed by atoms with Crippen molar-refractivity contribution >= 4 is 46.5 Å². The fourth-order valence-electron chi connectivity index (χ4n) is 2.63. The van der Waals surface area contributed by atoms with Gasteiger partial charge in [-0.15, -0.1) is 0 Å². The lowest BCUT2D eigenvalue weighted by Crippen LogP contribution is -2.27. The van der Waals surface area contributed by atoms with Crippen LogP contribution in [-0.4, -0.2) is 26.8 Å². The molecule has 2 aromatic carbocycles. The lowest BCUT2D eigenvalue weighted by molar-refractivity contribution is 0.0636. The molecule has 168 valence electrons. The normalized spacial score (nSPS) is 11.1. The molecule has 1 heterocycles. The van der Waals surface area contributed by atoms with Gasteiger partial charge in [-0.25, -0.2) is 14.2 Å². The van der Waals surface area contributed by atoms with Gasteiger partial charge < -0.3 is 20.5 Å². The van der Waals surface area contributed by atoms with Crippen molar-refractivity contribution in [2.24, 2.45) is 0 Å². The first-order valence-electron chi connectivity index (χ1n) is 9.69. The highest BCUT2D eigenvalue weighted by Gasteiger charge is 2.16. The molecular weight excluding hydrogens is 437 g/mol. The fourth-order valence-corrected chi connectivity index (χ4v) is 2.81. The van der Waals surface area contributed by atoms with Gasteiger partial charge in [-0.1, -0.05) is 17.7 Å². The van der Waals surface area contributed by atoms with Crippen LogP contribution in [0.3, 0.4) is 0 Å². The molecule has 0 aliphatic carbocycles. The average molecular weight is 460 g/mol. The van der Waals surface area contributed by atoms with Crippen molar-refractivity contribution in [3.05, 3.63) is 65.1 Å². The molecule has 4 N–H and O–H groups in total. The highest BCUT2D eigenvalue weighted by Crippen LogP contribution is 2.25. The van der Waals surface area contributed by atoms with Gasteiger partial charge in [-0.2, -0.15) is 4.98 Å². The Morgan fingerprint density at radius 1 is 1.12 bits per heavy atom. The van der Waals surface area contributed by atoms with Gasteiger partial charge in [0, 0.05) is 28.8 Å². The van der Waals surface area contributed by atoms with Crippen LogP contribution in [0, 0.1) is 5.82 Å². The number of nitrogens with zero attached hydrogens (tertiary/aromatic N) is 2. The van der Waals surface area contributed by atoms with Crippen LogP contribution >= 0.6 is 11.6 Å². The van der Waals surface area contributed by atoms with Gasteiger partial charge in [0.15, 0.2) is 0 Å². The first-order valence-corrected chi connectivity index (χ1v) is 10.1. The Hall–Kier alpha value is -3.43. The molecule has 0 bridgehead atoms. The summed E-state index contributed by atoms with van der Waals surface area (Å²) in [5.41, 5.74) is 1.47. The number of carbonyl (C=O) groups excluding carboxylic acids is 1. The Labute approximate surface area is 189 Å². The monoisotopic (exact) mass is 459 g/mol. The molecule has 3 rings (SSSR count). The number of carbonyl (C=O) groups is 1. The van der Waals surface area contributed by atoms with Crippen LogP contribution in [0.25, 0.3) is 0 Å². The average Bonchev–Trinajstić information content (AvgIpc) is 2.70. The summed E-state index contributed by atoms with van der Waals surface area (Å²) in [6.45, 7) is 5.05. The van der Waals surface area contributed by atoms with Crippen molar-refractivity contribution in [1.82, 2.24) is 9.97 Å². The largest absolute Gasteiger partial charge is 0.444 e. The number of aromatic nitrogens is 2. The Balaban J connectivity index is 1.78. The standard InChI is InChI=1S/C22H23ClFN5O3/c1-22(2,3)32-21(31)28-15-6-4-5-14(9-15)26-19-13(12-30)11-25-20(29-19)27-16-7-8-18(24)17(23)10-16/h4-11,30H,12H2,1-3H3,(H,28,31)(H2,25,26,27,29). The maximum Gasteiger partial charge on any atom is 0.412 e. The second-order valence-electron chi connectivity index (χ2n) is 7.81. The molecule has 0 unspecified atom stereocenters.